The van der Waals surface area contributed by atoms with Crippen LogP contribution in [-0.4, -0.2) is 10.2 Å². The number of aryl methyl sites for hydroxylation is 2. The highest BCUT2D eigenvalue weighted by Crippen LogP contribution is 2.26. The summed E-state index contributed by atoms with van der Waals surface area (Å²) in [6.45, 7) is 3.26. The molecule has 0 amide bonds. The molecular formula is C12H13FN2O. The zero-order valence-electron chi connectivity index (χ0n) is 9.25. The third-order valence-corrected chi connectivity index (χ3v) is 2.26. The maximum Gasteiger partial charge on any atom is 0.238 e. The molecule has 84 valence electrons. The van der Waals surface area contributed by atoms with Crippen LogP contribution in [0.1, 0.15) is 16.8 Å². The van der Waals surface area contributed by atoms with Gasteiger partial charge in [0.1, 0.15) is 12.4 Å². The van der Waals surface area contributed by atoms with Gasteiger partial charge in [0.2, 0.25) is 5.88 Å². The second kappa shape index (κ2) is 4.35. The lowest BCUT2D eigenvalue weighted by Crippen LogP contribution is -1.91. The van der Waals surface area contributed by atoms with E-state index in [0.29, 0.717) is 17.2 Å². The number of benzene rings is 1. The Bertz CT molecular complexity index is 494. The monoisotopic (exact) mass is 220 g/mol. The fourth-order valence-electron chi connectivity index (χ4n) is 1.47. The van der Waals surface area contributed by atoms with Gasteiger partial charge in [-0.25, -0.2) is 4.39 Å². The van der Waals surface area contributed by atoms with E-state index < -0.39 is 6.67 Å². The molecule has 0 atom stereocenters. The minimum absolute atomic E-state index is 0.455. The van der Waals surface area contributed by atoms with Crippen LogP contribution in [0, 0.1) is 13.8 Å². The number of halogens is 1. The lowest BCUT2D eigenvalue weighted by Gasteiger charge is -2.07. The fourth-order valence-corrected chi connectivity index (χ4v) is 1.47. The van der Waals surface area contributed by atoms with Gasteiger partial charge in [-0.2, -0.15) is 0 Å². The van der Waals surface area contributed by atoms with E-state index in [9.17, 15) is 4.39 Å². The third kappa shape index (κ3) is 2.21. The smallest absolute Gasteiger partial charge is 0.238 e. The first-order chi connectivity index (χ1) is 7.69. The Hall–Kier alpha value is -1.84. The molecule has 0 radical (unpaired) electrons. The van der Waals surface area contributed by atoms with Gasteiger partial charge in [-0.05, 0) is 26.0 Å². The van der Waals surface area contributed by atoms with Gasteiger partial charge in [0.25, 0.3) is 0 Å². The molecular weight excluding hydrogens is 207 g/mol. The Labute approximate surface area is 93.3 Å². The van der Waals surface area contributed by atoms with E-state index in [4.69, 9.17) is 4.74 Å². The van der Waals surface area contributed by atoms with Gasteiger partial charge < -0.3 is 4.74 Å². The Morgan fingerprint density at radius 2 is 2.12 bits per heavy atom. The van der Waals surface area contributed by atoms with Crippen LogP contribution < -0.4 is 4.74 Å². The second-order valence-corrected chi connectivity index (χ2v) is 3.74. The maximum absolute atomic E-state index is 12.8. The molecule has 2 aromatic rings. The Kier molecular flexibility index (Phi) is 2.90. The summed E-state index contributed by atoms with van der Waals surface area (Å²) in [7, 11) is 0. The van der Waals surface area contributed by atoms with E-state index in [0.717, 1.165) is 11.3 Å². The number of aromatic nitrogens is 2. The first kappa shape index (κ1) is 10.7. The molecule has 2 rings (SSSR count). The zero-order valence-corrected chi connectivity index (χ0v) is 9.25. The van der Waals surface area contributed by atoms with Crippen LogP contribution in [0.25, 0.3) is 0 Å². The van der Waals surface area contributed by atoms with Crippen molar-refractivity contribution >= 4 is 0 Å². The molecule has 0 bridgehead atoms. The third-order valence-electron chi connectivity index (χ3n) is 2.26. The van der Waals surface area contributed by atoms with Crippen LogP contribution >= 0.6 is 0 Å². The number of alkyl halides is 1. The minimum atomic E-state index is -0.541. The molecule has 16 heavy (non-hydrogen) atoms. The van der Waals surface area contributed by atoms with Crippen molar-refractivity contribution in [2.45, 2.75) is 20.5 Å². The van der Waals surface area contributed by atoms with Crippen molar-refractivity contribution in [1.29, 1.82) is 0 Å². The molecule has 0 aliphatic heterocycles. The second-order valence-electron chi connectivity index (χ2n) is 3.74. The van der Waals surface area contributed by atoms with Crippen LogP contribution in [0.3, 0.4) is 0 Å². The molecule has 0 spiro atoms. The van der Waals surface area contributed by atoms with Crippen LogP contribution in [0.5, 0.6) is 11.6 Å². The number of hydrogen-bond donors (Lipinski definition) is 1. The number of aromatic amines is 1. The van der Waals surface area contributed by atoms with Crippen molar-refractivity contribution < 1.29 is 9.13 Å². The molecule has 0 saturated carbocycles. The predicted octanol–water partition coefficient (Wildman–Crippen LogP) is 3.29. The topological polar surface area (TPSA) is 37.9 Å². The normalized spacial score (nSPS) is 10.4. The van der Waals surface area contributed by atoms with Crippen molar-refractivity contribution in [3.8, 4) is 11.6 Å². The van der Waals surface area contributed by atoms with E-state index in [1.807, 2.05) is 19.9 Å². The summed E-state index contributed by atoms with van der Waals surface area (Å²) >= 11 is 0. The molecule has 1 aromatic carbocycles. The molecule has 0 saturated heterocycles. The van der Waals surface area contributed by atoms with Crippen LogP contribution in [0.4, 0.5) is 4.39 Å². The van der Waals surface area contributed by atoms with Crippen molar-refractivity contribution in [3.63, 3.8) is 0 Å². The van der Waals surface area contributed by atoms with Crippen molar-refractivity contribution in [2.24, 2.45) is 0 Å². The van der Waals surface area contributed by atoms with Gasteiger partial charge >= 0.3 is 0 Å². The number of rotatable bonds is 3. The van der Waals surface area contributed by atoms with Gasteiger partial charge in [0.05, 0.1) is 0 Å². The zero-order chi connectivity index (χ0) is 11.5. The number of hydrogen-bond acceptors (Lipinski definition) is 2. The van der Waals surface area contributed by atoms with Crippen LogP contribution in [-0.2, 0) is 6.67 Å². The highest BCUT2D eigenvalue weighted by molar-refractivity contribution is 5.38. The summed E-state index contributed by atoms with van der Waals surface area (Å²) in [5.74, 6) is 0.968. The Balaban J connectivity index is 2.27. The van der Waals surface area contributed by atoms with Gasteiger partial charge in [0.15, 0.2) is 0 Å². The lowest BCUT2D eigenvalue weighted by atomic mass is 10.1. The summed E-state index contributed by atoms with van der Waals surface area (Å²) in [5, 5.41) is 6.71. The average molecular weight is 220 g/mol. The van der Waals surface area contributed by atoms with Crippen LogP contribution in [0.15, 0.2) is 24.3 Å². The molecule has 3 nitrogen and oxygen atoms in total. The van der Waals surface area contributed by atoms with Crippen molar-refractivity contribution in [3.05, 3.63) is 41.1 Å². The Morgan fingerprint density at radius 1 is 1.31 bits per heavy atom. The minimum Gasteiger partial charge on any atom is -0.437 e. The highest BCUT2D eigenvalue weighted by atomic mass is 19.1. The van der Waals surface area contributed by atoms with E-state index in [2.05, 4.69) is 10.2 Å². The molecule has 0 fully saturated rings. The summed E-state index contributed by atoms with van der Waals surface area (Å²) in [6.07, 6.45) is 0. The van der Waals surface area contributed by atoms with E-state index in [1.165, 1.54) is 0 Å². The molecule has 1 aromatic heterocycles. The van der Waals surface area contributed by atoms with E-state index >= 15 is 0 Å². The van der Waals surface area contributed by atoms with Gasteiger partial charge in [-0.15, -0.1) is 5.10 Å². The van der Waals surface area contributed by atoms with E-state index in [-0.39, 0.29) is 0 Å². The summed E-state index contributed by atoms with van der Waals surface area (Å²) in [5.41, 5.74) is 2.46. The standard InChI is InChI=1S/C12H13FN2O/c1-8-3-4-11(10(5-8)7-13)16-12-6-9(2)14-15-12/h3-6H,7H2,1-2H3,(H,14,15). The van der Waals surface area contributed by atoms with Crippen LogP contribution in [0.2, 0.25) is 0 Å². The highest BCUT2D eigenvalue weighted by Gasteiger charge is 2.06. The molecule has 1 N–H and O–H groups in total. The first-order valence-corrected chi connectivity index (χ1v) is 5.04. The number of H-pyrrole nitrogens is 1. The molecule has 4 heteroatoms. The predicted molar refractivity (Wildman–Crippen MR) is 59.4 cm³/mol. The van der Waals surface area contributed by atoms with Crippen molar-refractivity contribution in [1.82, 2.24) is 10.2 Å². The van der Waals surface area contributed by atoms with Crippen molar-refractivity contribution in [2.75, 3.05) is 0 Å². The van der Waals surface area contributed by atoms with E-state index in [1.54, 1.807) is 18.2 Å². The summed E-state index contributed by atoms with van der Waals surface area (Å²) in [4.78, 5) is 0. The molecule has 0 unspecified atom stereocenters. The molecule has 0 aliphatic carbocycles. The first-order valence-electron chi connectivity index (χ1n) is 5.04. The lowest BCUT2D eigenvalue weighted by molar-refractivity contribution is 0.428. The molecule has 1 heterocycles. The Morgan fingerprint density at radius 3 is 2.75 bits per heavy atom. The fraction of sp³-hybridized carbons (Fsp3) is 0.250. The average Bonchev–Trinajstić information content (AvgIpc) is 2.67. The van der Waals surface area contributed by atoms with Gasteiger partial charge in [0, 0.05) is 17.3 Å². The largest absolute Gasteiger partial charge is 0.437 e. The summed E-state index contributed by atoms with van der Waals surface area (Å²) < 4.78 is 18.3. The number of nitrogens with zero attached hydrogens (tertiary/aromatic N) is 1. The number of nitrogens with one attached hydrogen (secondary N) is 1. The maximum atomic E-state index is 12.8. The van der Waals surface area contributed by atoms with Gasteiger partial charge in [-0.1, -0.05) is 11.6 Å². The van der Waals surface area contributed by atoms with Gasteiger partial charge in [-0.3, -0.25) is 5.10 Å². The summed E-state index contributed by atoms with van der Waals surface area (Å²) in [6, 6.07) is 7.18. The SMILES string of the molecule is Cc1ccc(Oc2cc(C)[nH]n2)c(CF)c1. The quantitative estimate of drug-likeness (QED) is 0.861. The number of ether oxygens (including phenoxy) is 1. The molecule has 0 aliphatic rings.